The molecule has 0 aliphatic rings. The lowest BCUT2D eigenvalue weighted by atomic mass is 9.83. The molecule has 22 heavy (non-hydrogen) atoms. The fraction of sp³-hybridized carbons (Fsp3) is 0.625. The van der Waals surface area contributed by atoms with Gasteiger partial charge < -0.3 is 15.2 Å². The highest BCUT2D eigenvalue weighted by atomic mass is 35.5. The molecule has 1 aromatic rings. The van der Waals surface area contributed by atoms with Crippen molar-refractivity contribution < 1.29 is 14.6 Å². The highest BCUT2D eigenvalue weighted by Gasteiger charge is 2.28. The molecule has 0 radical (unpaired) electrons. The Kier molecular flexibility index (Phi) is 5.68. The van der Waals surface area contributed by atoms with Crippen LogP contribution in [0, 0.1) is 5.41 Å². The number of nitrogens with zero attached hydrogens (tertiary/aromatic N) is 1. The van der Waals surface area contributed by atoms with Crippen LogP contribution in [0.3, 0.4) is 0 Å². The normalized spacial score (nSPS) is 13.6. The van der Waals surface area contributed by atoms with Crippen molar-refractivity contribution in [2.45, 2.75) is 59.6 Å². The fourth-order valence-corrected chi connectivity index (χ4v) is 1.95. The Balaban J connectivity index is 2.86. The van der Waals surface area contributed by atoms with E-state index in [1.165, 1.54) is 0 Å². The van der Waals surface area contributed by atoms with Crippen LogP contribution in [0.4, 0.5) is 4.79 Å². The fourth-order valence-electron chi connectivity index (χ4n) is 1.85. The van der Waals surface area contributed by atoms with Gasteiger partial charge in [0.25, 0.3) is 0 Å². The molecule has 6 heteroatoms. The minimum Gasteiger partial charge on any atom is -0.505 e. The van der Waals surface area contributed by atoms with Crippen molar-refractivity contribution in [2.24, 2.45) is 5.41 Å². The smallest absolute Gasteiger partial charge is 0.407 e. The maximum Gasteiger partial charge on any atom is 0.407 e. The van der Waals surface area contributed by atoms with Gasteiger partial charge in [0.05, 0.1) is 0 Å². The van der Waals surface area contributed by atoms with E-state index in [1.807, 2.05) is 41.5 Å². The highest BCUT2D eigenvalue weighted by Crippen LogP contribution is 2.26. The van der Waals surface area contributed by atoms with Gasteiger partial charge in [-0.15, -0.1) is 0 Å². The van der Waals surface area contributed by atoms with Crippen molar-refractivity contribution in [3.05, 3.63) is 23.0 Å². The molecule has 0 bridgehead atoms. The molecule has 1 rings (SSSR count). The van der Waals surface area contributed by atoms with Crippen molar-refractivity contribution in [2.75, 3.05) is 0 Å². The minimum absolute atomic E-state index is 0.0657. The van der Waals surface area contributed by atoms with Gasteiger partial charge in [0, 0.05) is 12.2 Å². The Morgan fingerprint density at radius 3 is 2.41 bits per heavy atom. The first-order chi connectivity index (χ1) is 9.88. The summed E-state index contributed by atoms with van der Waals surface area (Å²) in [7, 11) is 0. The number of rotatable bonds is 3. The highest BCUT2D eigenvalue weighted by molar-refractivity contribution is 6.30. The van der Waals surface area contributed by atoms with Crippen molar-refractivity contribution in [3.8, 4) is 5.75 Å². The van der Waals surface area contributed by atoms with E-state index in [0.717, 1.165) is 5.56 Å². The lowest BCUT2D eigenvalue weighted by Crippen LogP contribution is -2.47. The topological polar surface area (TPSA) is 71.5 Å². The maximum atomic E-state index is 12.0. The van der Waals surface area contributed by atoms with Crippen molar-refractivity contribution in [3.63, 3.8) is 0 Å². The van der Waals surface area contributed by atoms with Gasteiger partial charge in [-0.1, -0.05) is 32.4 Å². The van der Waals surface area contributed by atoms with Gasteiger partial charge in [0.1, 0.15) is 5.60 Å². The first-order valence-electron chi connectivity index (χ1n) is 7.21. The molecular formula is C16H25ClN2O3. The molecule has 0 saturated carbocycles. The van der Waals surface area contributed by atoms with Crippen LogP contribution in [0.2, 0.25) is 5.15 Å². The van der Waals surface area contributed by atoms with Gasteiger partial charge >= 0.3 is 6.09 Å². The Morgan fingerprint density at radius 1 is 1.36 bits per heavy atom. The predicted molar refractivity (Wildman–Crippen MR) is 87.2 cm³/mol. The average molecular weight is 329 g/mol. The van der Waals surface area contributed by atoms with E-state index in [-0.39, 0.29) is 22.4 Å². The molecule has 2 N–H and O–H groups in total. The third-order valence-electron chi connectivity index (χ3n) is 3.05. The van der Waals surface area contributed by atoms with E-state index in [2.05, 4.69) is 10.3 Å². The summed E-state index contributed by atoms with van der Waals surface area (Å²) < 4.78 is 5.31. The molecule has 1 atom stereocenters. The number of pyridine rings is 1. The lowest BCUT2D eigenvalue weighted by molar-refractivity contribution is 0.0464. The molecule has 1 heterocycles. The molecule has 5 nitrogen and oxygen atoms in total. The van der Waals surface area contributed by atoms with E-state index >= 15 is 0 Å². The number of amides is 1. The molecule has 0 unspecified atom stereocenters. The van der Waals surface area contributed by atoms with Crippen LogP contribution in [-0.4, -0.2) is 27.8 Å². The zero-order chi connectivity index (χ0) is 17.1. The molecule has 1 aromatic heterocycles. The third kappa shape index (κ3) is 6.10. The molecule has 0 saturated heterocycles. The monoisotopic (exact) mass is 328 g/mol. The molecule has 0 aromatic carbocycles. The first kappa shape index (κ1) is 18.6. The summed E-state index contributed by atoms with van der Waals surface area (Å²) in [5, 5.41) is 12.6. The summed E-state index contributed by atoms with van der Waals surface area (Å²) in [6, 6.07) is 1.38. The Bertz CT molecular complexity index is 533. The standard InChI is InChI=1S/C16H25ClN2O3/c1-15(2,3)12(19-14(21)22-16(4,5)6)8-10-7-11(20)13(17)18-9-10/h7,9,12,20H,8H2,1-6H3,(H,19,21)/t12-/m0/s1. The summed E-state index contributed by atoms with van der Waals surface area (Å²) in [4.78, 5) is 15.9. The van der Waals surface area contributed by atoms with E-state index in [1.54, 1.807) is 12.3 Å². The number of ether oxygens (including phenoxy) is 1. The molecule has 0 aliphatic carbocycles. The minimum atomic E-state index is -0.549. The number of hydrogen-bond donors (Lipinski definition) is 2. The summed E-state index contributed by atoms with van der Waals surface area (Å²) in [6.07, 6.45) is 1.65. The number of aromatic nitrogens is 1. The van der Waals surface area contributed by atoms with Gasteiger partial charge in [0.15, 0.2) is 10.9 Å². The quantitative estimate of drug-likeness (QED) is 0.825. The zero-order valence-corrected chi connectivity index (χ0v) is 14.8. The van der Waals surface area contributed by atoms with Crippen LogP contribution in [-0.2, 0) is 11.2 Å². The number of alkyl carbamates (subject to hydrolysis) is 1. The van der Waals surface area contributed by atoms with Crippen molar-refractivity contribution >= 4 is 17.7 Å². The molecule has 0 aliphatic heterocycles. The summed E-state index contributed by atoms with van der Waals surface area (Å²) in [5.74, 6) is -0.0657. The van der Waals surface area contributed by atoms with E-state index in [0.29, 0.717) is 6.42 Å². The van der Waals surface area contributed by atoms with Crippen molar-refractivity contribution in [1.82, 2.24) is 10.3 Å². The second-order valence-electron chi connectivity index (χ2n) is 7.42. The summed E-state index contributed by atoms with van der Waals surface area (Å²) in [6.45, 7) is 11.5. The van der Waals surface area contributed by atoms with Gasteiger partial charge in [-0.25, -0.2) is 9.78 Å². The first-order valence-corrected chi connectivity index (χ1v) is 7.59. The van der Waals surface area contributed by atoms with Crippen LogP contribution in [0.15, 0.2) is 12.3 Å². The van der Waals surface area contributed by atoms with E-state index < -0.39 is 11.7 Å². The van der Waals surface area contributed by atoms with Gasteiger partial charge in [-0.05, 0) is 44.2 Å². The second kappa shape index (κ2) is 6.73. The van der Waals surface area contributed by atoms with Crippen LogP contribution >= 0.6 is 11.6 Å². The molecule has 0 fully saturated rings. The van der Waals surface area contributed by atoms with Gasteiger partial charge in [-0.3, -0.25) is 0 Å². The molecular weight excluding hydrogens is 304 g/mol. The number of hydrogen-bond acceptors (Lipinski definition) is 4. The number of aromatic hydroxyl groups is 1. The van der Waals surface area contributed by atoms with E-state index in [4.69, 9.17) is 16.3 Å². The average Bonchev–Trinajstić information content (AvgIpc) is 2.29. The van der Waals surface area contributed by atoms with Crippen LogP contribution < -0.4 is 5.32 Å². The lowest BCUT2D eigenvalue weighted by Gasteiger charge is -2.32. The number of carbonyl (C=O) groups is 1. The number of nitrogens with one attached hydrogen (secondary N) is 1. The SMILES string of the molecule is CC(C)(C)OC(=O)N[C@@H](Cc1cnc(Cl)c(O)c1)C(C)(C)C. The van der Waals surface area contributed by atoms with Crippen molar-refractivity contribution in [1.29, 1.82) is 0 Å². The van der Waals surface area contributed by atoms with Crippen LogP contribution in [0.25, 0.3) is 0 Å². The summed E-state index contributed by atoms with van der Waals surface area (Å²) >= 11 is 5.71. The third-order valence-corrected chi connectivity index (χ3v) is 3.34. The number of halogens is 1. The summed E-state index contributed by atoms with van der Waals surface area (Å²) in [5.41, 5.74) is 0.0524. The van der Waals surface area contributed by atoms with E-state index in [9.17, 15) is 9.90 Å². The largest absolute Gasteiger partial charge is 0.505 e. The number of carbonyl (C=O) groups excluding carboxylic acids is 1. The Hall–Kier alpha value is -1.49. The Morgan fingerprint density at radius 2 is 1.95 bits per heavy atom. The second-order valence-corrected chi connectivity index (χ2v) is 7.78. The maximum absolute atomic E-state index is 12.0. The van der Waals surface area contributed by atoms with Crippen LogP contribution in [0.1, 0.15) is 47.1 Å². The van der Waals surface area contributed by atoms with Gasteiger partial charge in [0.2, 0.25) is 0 Å². The predicted octanol–water partition coefficient (Wildman–Crippen LogP) is 3.92. The molecule has 1 amide bonds. The zero-order valence-electron chi connectivity index (χ0n) is 14.0. The molecule has 124 valence electrons. The molecule has 0 spiro atoms. The Labute approximate surface area is 137 Å². The van der Waals surface area contributed by atoms with Crippen LogP contribution in [0.5, 0.6) is 5.75 Å². The van der Waals surface area contributed by atoms with Gasteiger partial charge in [-0.2, -0.15) is 0 Å².